The van der Waals surface area contributed by atoms with Gasteiger partial charge in [-0.1, -0.05) is 26.0 Å². The highest BCUT2D eigenvalue weighted by molar-refractivity contribution is 5.80. The summed E-state index contributed by atoms with van der Waals surface area (Å²) in [6.45, 7) is 1.67. The summed E-state index contributed by atoms with van der Waals surface area (Å²) in [4.78, 5) is 13.6. The molecule has 1 amide bonds. The second kappa shape index (κ2) is 5.97. The van der Waals surface area contributed by atoms with Crippen molar-refractivity contribution >= 4 is 5.91 Å². The Morgan fingerprint density at radius 1 is 1.33 bits per heavy atom. The number of benzene rings is 1. The molecule has 1 saturated heterocycles. The first kappa shape index (κ1) is 15.7. The number of carbonyl (C=O) groups is 1. The third-order valence-corrected chi connectivity index (χ3v) is 3.86. The average Bonchev–Trinajstić information content (AvgIpc) is 2.36. The standard InChI is InChI=1S/C15H19F2NO3/c1-10(2)15(20)8-18(9-15)13(19)7-11-3-5-12(6-4-11)21-14(16)17/h3-6,10,14,20H,7-9H2,1-2H3. The van der Waals surface area contributed by atoms with Crippen LogP contribution < -0.4 is 4.74 Å². The molecule has 0 aliphatic carbocycles. The van der Waals surface area contributed by atoms with E-state index in [1.165, 1.54) is 12.1 Å². The van der Waals surface area contributed by atoms with Gasteiger partial charge in [0.2, 0.25) is 5.91 Å². The molecule has 1 aromatic rings. The Hall–Kier alpha value is -1.69. The second-order valence-electron chi connectivity index (χ2n) is 5.71. The topological polar surface area (TPSA) is 49.8 Å². The van der Waals surface area contributed by atoms with Crippen LogP contribution in [0.1, 0.15) is 19.4 Å². The number of likely N-dealkylation sites (tertiary alicyclic amines) is 1. The van der Waals surface area contributed by atoms with Crippen LogP contribution in [0.4, 0.5) is 8.78 Å². The summed E-state index contributed by atoms with van der Waals surface area (Å²) in [6.07, 6.45) is 0.184. The van der Waals surface area contributed by atoms with E-state index in [-0.39, 0.29) is 24.0 Å². The Labute approximate surface area is 122 Å². The predicted molar refractivity (Wildman–Crippen MR) is 73.1 cm³/mol. The number of rotatable bonds is 5. The first-order valence-corrected chi connectivity index (χ1v) is 6.84. The van der Waals surface area contributed by atoms with Crippen LogP contribution in [-0.2, 0) is 11.2 Å². The molecule has 1 aliphatic rings. The number of alkyl halides is 2. The molecule has 0 saturated carbocycles. The van der Waals surface area contributed by atoms with Crippen molar-refractivity contribution in [2.45, 2.75) is 32.5 Å². The van der Waals surface area contributed by atoms with E-state index >= 15 is 0 Å². The lowest BCUT2D eigenvalue weighted by Gasteiger charge is -2.49. The van der Waals surface area contributed by atoms with E-state index in [0.717, 1.165) is 5.56 Å². The summed E-state index contributed by atoms with van der Waals surface area (Å²) < 4.78 is 28.3. The summed E-state index contributed by atoms with van der Waals surface area (Å²) in [5.74, 6) is 0.0921. The molecule has 1 fully saturated rings. The number of hydrogen-bond acceptors (Lipinski definition) is 3. The maximum Gasteiger partial charge on any atom is 0.387 e. The Morgan fingerprint density at radius 3 is 2.38 bits per heavy atom. The normalized spacial score (nSPS) is 17.0. The first-order chi connectivity index (χ1) is 9.80. The number of halogens is 2. The zero-order chi connectivity index (χ0) is 15.6. The fourth-order valence-electron chi connectivity index (χ4n) is 2.23. The van der Waals surface area contributed by atoms with Gasteiger partial charge in [0.05, 0.1) is 19.5 Å². The Morgan fingerprint density at radius 2 is 1.90 bits per heavy atom. The fourth-order valence-corrected chi connectivity index (χ4v) is 2.23. The maximum atomic E-state index is 12.0. The van der Waals surface area contributed by atoms with E-state index in [4.69, 9.17) is 0 Å². The number of ether oxygens (including phenoxy) is 1. The maximum absolute atomic E-state index is 12.0. The number of β-amino-alcohol motifs (C(OH)–C–C–N with tert-alkyl or cyclic N) is 1. The third kappa shape index (κ3) is 3.69. The molecule has 6 heteroatoms. The summed E-state index contributed by atoms with van der Waals surface area (Å²) >= 11 is 0. The quantitative estimate of drug-likeness (QED) is 0.905. The molecule has 1 N–H and O–H groups in total. The van der Waals surface area contributed by atoms with E-state index in [0.29, 0.717) is 13.1 Å². The second-order valence-corrected chi connectivity index (χ2v) is 5.71. The summed E-state index contributed by atoms with van der Waals surface area (Å²) in [5, 5.41) is 10.1. The van der Waals surface area contributed by atoms with Gasteiger partial charge in [0, 0.05) is 0 Å². The summed E-state index contributed by atoms with van der Waals surface area (Å²) in [6, 6.07) is 6.00. The van der Waals surface area contributed by atoms with E-state index in [1.54, 1.807) is 17.0 Å². The number of nitrogens with zero attached hydrogens (tertiary/aromatic N) is 1. The van der Waals surface area contributed by atoms with E-state index in [1.807, 2.05) is 13.8 Å². The first-order valence-electron chi connectivity index (χ1n) is 6.84. The zero-order valence-electron chi connectivity index (χ0n) is 12.1. The molecule has 0 bridgehead atoms. The van der Waals surface area contributed by atoms with Crippen molar-refractivity contribution in [1.82, 2.24) is 4.90 Å². The van der Waals surface area contributed by atoms with Gasteiger partial charge in [-0.15, -0.1) is 0 Å². The SMILES string of the molecule is CC(C)C1(O)CN(C(=O)Cc2ccc(OC(F)F)cc2)C1. The minimum absolute atomic E-state index is 0.0688. The highest BCUT2D eigenvalue weighted by Crippen LogP contribution is 2.29. The van der Waals surface area contributed by atoms with Crippen LogP contribution in [0.5, 0.6) is 5.75 Å². The van der Waals surface area contributed by atoms with Gasteiger partial charge in [0.25, 0.3) is 0 Å². The lowest BCUT2D eigenvalue weighted by atomic mass is 9.83. The predicted octanol–water partition coefficient (Wildman–Crippen LogP) is 2.06. The van der Waals surface area contributed by atoms with Gasteiger partial charge in [-0.3, -0.25) is 4.79 Å². The average molecular weight is 299 g/mol. The number of amides is 1. The largest absolute Gasteiger partial charge is 0.435 e. The molecule has 0 radical (unpaired) electrons. The van der Waals surface area contributed by atoms with Crippen LogP contribution >= 0.6 is 0 Å². The number of hydrogen-bond donors (Lipinski definition) is 1. The van der Waals surface area contributed by atoms with Gasteiger partial charge in [-0.05, 0) is 23.6 Å². The van der Waals surface area contributed by atoms with Gasteiger partial charge in [-0.2, -0.15) is 8.78 Å². The van der Waals surface area contributed by atoms with Crippen LogP contribution in [0.3, 0.4) is 0 Å². The molecule has 0 unspecified atom stereocenters. The van der Waals surface area contributed by atoms with Gasteiger partial charge in [0.15, 0.2) is 0 Å². The molecule has 4 nitrogen and oxygen atoms in total. The Bertz CT molecular complexity index is 496. The van der Waals surface area contributed by atoms with E-state index in [9.17, 15) is 18.7 Å². The van der Waals surface area contributed by atoms with Crippen molar-refractivity contribution in [2.75, 3.05) is 13.1 Å². The molecule has 1 heterocycles. The lowest BCUT2D eigenvalue weighted by molar-refractivity contribution is -0.163. The molecule has 1 aliphatic heterocycles. The zero-order valence-corrected chi connectivity index (χ0v) is 12.1. The van der Waals surface area contributed by atoms with E-state index < -0.39 is 12.2 Å². The molecule has 0 atom stereocenters. The van der Waals surface area contributed by atoms with E-state index in [2.05, 4.69) is 4.74 Å². The monoisotopic (exact) mass is 299 g/mol. The minimum atomic E-state index is -2.85. The minimum Gasteiger partial charge on any atom is -0.435 e. The van der Waals surface area contributed by atoms with Gasteiger partial charge in [-0.25, -0.2) is 0 Å². The van der Waals surface area contributed by atoms with Crippen LogP contribution in [-0.4, -0.2) is 41.2 Å². The fraction of sp³-hybridized carbons (Fsp3) is 0.533. The number of aliphatic hydroxyl groups is 1. The molecular weight excluding hydrogens is 280 g/mol. The summed E-state index contributed by atoms with van der Waals surface area (Å²) in [7, 11) is 0. The molecule has 21 heavy (non-hydrogen) atoms. The van der Waals surface area contributed by atoms with Crippen molar-refractivity contribution in [3.8, 4) is 5.75 Å². The highest BCUT2D eigenvalue weighted by Gasteiger charge is 2.45. The molecule has 0 aromatic heterocycles. The molecule has 0 spiro atoms. The van der Waals surface area contributed by atoms with Crippen LogP contribution in [0.2, 0.25) is 0 Å². The number of carbonyl (C=O) groups excluding carboxylic acids is 1. The molecule has 116 valence electrons. The lowest BCUT2D eigenvalue weighted by Crippen LogP contribution is -2.66. The molecule has 2 rings (SSSR count). The van der Waals surface area contributed by atoms with Gasteiger partial charge >= 0.3 is 6.61 Å². The third-order valence-electron chi connectivity index (χ3n) is 3.86. The van der Waals surface area contributed by atoms with Crippen LogP contribution in [0, 0.1) is 5.92 Å². The van der Waals surface area contributed by atoms with Crippen molar-refractivity contribution in [3.05, 3.63) is 29.8 Å². The summed E-state index contributed by atoms with van der Waals surface area (Å²) in [5.41, 5.74) is -0.0634. The van der Waals surface area contributed by atoms with Crippen molar-refractivity contribution < 1.29 is 23.4 Å². The molecular formula is C15H19F2NO3. The van der Waals surface area contributed by atoms with Crippen molar-refractivity contribution in [1.29, 1.82) is 0 Å². The van der Waals surface area contributed by atoms with Crippen molar-refractivity contribution in [3.63, 3.8) is 0 Å². The highest BCUT2D eigenvalue weighted by atomic mass is 19.3. The smallest absolute Gasteiger partial charge is 0.387 e. The van der Waals surface area contributed by atoms with Crippen molar-refractivity contribution in [2.24, 2.45) is 5.92 Å². The van der Waals surface area contributed by atoms with Gasteiger partial charge < -0.3 is 14.7 Å². The van der Waals surface area contributed by atoms with Crippen LogP contribution in [0.15, 0.2) is 24.3 Å². The molecule has 1 aromatic carbocycles. The van der Waals surface area contributed by atoms with Crippen LogP contribution in [0.25, 0.3) is 0 Å². The Kier molecular flexibility index (Phi) is 4.46. The Balaban J connectivity index is 1.87. The van der Waals surface area contributed by atoms with Gasteiger partial charge in [0.1, 0.15) is 11.4 Å².